The third kappa shape index (κ3) is 5.95. The summed E-state index contributed by atoms with van der Waals surface area (Å²) in [4.78, 5) is 0. The second kappa shape index (κ2) is 10.1. The molecule has 0 fully saturated rings. The van der Waals surface area contributed by atoms with Crippen LogP contribution in [0.4, 0.5) is 0 Å². The summed E-state index contributed by atoms with van der Waals surface area (Å²) in [5, 5.41) is 10.6. The molecular formula is C22H30O4. The monoisotopic (exact) mass is 368 g/mol. The van der Waals surface area contributed by atoms with E-state index in [1.165, 1.54) is 21.1 Å². The molecule has 0 spiro atoms. The molecule has 0 aliphatic rings. The molecule has 26 heavy (non-hydrogen) atoms. The van der Waals surface area contributed by atoms with Gasteiger partial charge in [0, 0.05) is 2.74 Å². The highest BCUT2D eigenvalue weighted by Gasteiger charge is 2.07. The summed E-state index contributed by atoms with van der Waals surface area (Å²) in [6, 6.07) is -1.85. The molecule has 2 aromatic carbocycles. The van der Waals surface area contributed by atoms with E-state index in [9.17, 15) is 5.11 Å². The average Bonchev–Trinajstić information content (AvgIpc) is 2.82. The van der Waals surface area contributed by atoms with Crippen molar-refractivity contribution in [2.75, 3.05) is 20.8 Å². The van der Waals surface area contributed by atoms with Crippen LogP contribution >= 0.6 is 0 Å². The van der Waals surface area contributed by atoms with Gasteiger partial charge in [-0.15, -0.1) is 0 Å². The average molecular weight is 369 g/mol. The quantitative estimate of drug-likeness (QED) is 0.672. The maximum Gasteiger partial charge on any atom is 0.160 e. The summed E-state index contributed by atoms with van der Waals surface area (Å²) in [7, 11) is 2.58. The van der Waals surface area contributed by atoms with Gasteiger partial charge >= 0.3 is 0 Å². The third-order valence-electron chi connectivity index (χ3n) is 3.65. The van der Waals surface area contributed by atoms with E-state index >= 15 is 0 Å². The Morgan fingerprint density at radius 3 is 2.50 bits per heavy atom. The Balaban J connectivity index is 2.24. The molecule has 1 N–H and O–H groups in total. The lowest BCUT2D eigenvalue weighted by Gasteiger charge is -2.13. The number of hydrogen-bond donors (Lipinski definition) is 1. The molecule has 2 rings (SSSR count). The number of aliphatic hydroxyl groups is 1. The van der Waals surface area contributed by atoms with Gasteiger partial charge < -0.3 is 19.3 Å². The molecule has 0 amide bonds. The van der Waals surface area contributed by atoms with Crippen molar-refractivity contribution in [2.24, 2.45) is 0 Å². The highest BCUT2D eigenvalue weighted by Crippen LogP contribution is 2.28. The molecule has 0 aliphatic heterocycles. The molecular weight excluding hydrogens is 328 g/mol. The predicted molar refractivity (Wildman–Crippen MR) is 105 cm³/mol. The molecule has 0 aromatic heterocycles. The fourth-order valence-corrected chi connectivity index (χ4v) is 2.08. The summed E-state index contributed by atoms with van der Waals surface area (Å²) >= 11 is 0. The summed E-state index contributed by atoms with van der Waals surface area (Å²) in [5.41, 5.74) is 0.792. The molecule has 4 nitrogen and oxygen atoms in total. The van der Waals surface area contributed by atoms with Crippen molar-refractivity contribution in [1.82, 2.24) is 0 Å². The van der Waals surface area contributed by atoms with Gasteiger partial charge in [-0.05, 0) is 73.9 Å². The van der Waals surface area contributed by atoms with Crippen LogP contribution in [0.3, 0.4) is 0 Å². The Labute approximate surface area is 170 Å². The van der Waals surface area contributed by atoms with Gasteiger partial charge in [0.05, 0.1) is 31.3 Å². The molecule has 0 saturated carbocycles. The number of methoxy groups -OCH3 is 2. The van der Waals surface area contributed by atoms with Gasteiger partial charge in [0.2, 0.25) is 0 Å². The minimum atomic E-state index is -3.04. The number of rotatable bonds is 10. The SMILES string of the molecule is [2H]c1c([2H])c(OC([2H])([2H])C(O)C([2H])([2H])CCCc2c([2H])c([2H])c(OC)c(OC)c2[2H])c([2H])c(C)c1C. The molecule has 4 heteroatoms. The number of hydrogen-bond acceptors (Lipinski definition) is 4. The van der Waals surface area contributed by atoms with Crippen molar-refractivity contribution in [1.29, 1.82) is 0 Å². The summed E-state index contributed by atoms with van der Waals surface area (Å²) in [6.45, 7) is 0.0270. The van der Waals surface area contributed by atoms with Crippen LogP contribution in [0.15, 0.2) is 36.3 Å². The normalized spacial score (nSPS) is 18.5. The van der Waals surface area contributed by atoms with Crippen molar-refractivity contribution in [3.63, 3.8) is 0 Å². The fraction of sp³-hybridized carbons (Fsp3) is 0.455. The van der Waals surface area contributed by atoms with Crippen LogP contribution in [0.2, 0.25) is 0 Å². The summed E-state index contributed by atoms with van der Waals surface area (Å²) < 4.78 is 96.7. The van der Waals surface area contributed by atoms with Gasteiger partial charge in [-0.3, -0.25) is 0 Å². The largest absolute Gasteiger partial charge is 0.493 e. The zero-order valence-corrected chi connectivity index (χ0v) is 15.4. The van der Waals surface area contributed by atoms with E-state index in [0.29, 0.717) is 11.1 Å². The Morgan fingerprint density at radius 1 is 1.00 bits per heavy atom. The first-order valence-corrected chi connectivity index (χ1v) is 8.18. The van der Waals surface area contributed by atoms with Crippen molar-refractivity contribution in [3.8, 4) is 17.2 Å². The number of benzene rings is 2. The topological polar surface area (TPSA) is 47.9 Å². The van der Waals surface area contributed by atoms with Gasteiger partial charge in [-0.2, -0.15) is 0 Å². The second-order valence-corrected chi connectivity index (χ2v) is 5.55. The van der Waals surface area contributed by atoms with Gasteiger partial charge in [-0.1, -0.05) is 18.5 Å². The zero-order chi connectivity index (χ0) is 27.7. The van der Waals surface area contributed by atoms with E-state index in [0.717, 1.165) is 0 Å². The first kappa shape index (κ1) is 10.2. The lowest BCUT2D eigenvalue weighted by atomic mass is 10.0. The number of aliphatic hydroxyl groups excluding tert-OH is 1. The molecule has 142 valence electrons. The molecule has 0 saturated heterocycles. The molecule has 0 aliphatic carbocycles. The molecule has 0 bridgehead atoms. The van der Waals surface area contributed by atoms with Gasteiger partial charge in [0.1, 0.15) is 12.3 Å². The first-order chi connectivity index (χ1) is 16.5. The van der Waals surface area contributed by atoms with Crippen molar-refractivity contribution >= 4 is 0 Å². The standard InChI is InChI=1S/C22H30O4/c1-16-9-11-20(13-17(16)2)26-15-19(23)8-6-5-7-18-10-12-21(24-3)22(14-18)25-4/h9-14,19,23H,5-8,15H2,1-4H3/i8D2,9D,10D,11D,12D,13D,14D,15D2. The zero-order valence-electron chi connectivity index (χ0n) is 25.4. The van der Waals surface area contributed by atoms with Crippen LogP contribution < -0.4 is 14.2 Å². The molecule has 2 aromatic rings. The Morgan fingerprint density at radius 2 is 1.77 bits per heavy atom. The lowest BCUT2D eigenvalue weighted by molar-refractivity contribution is 0.0976. The highest BCUT2D eigenvalue weighted by atomic mass is 16.5. The van der Waals surface area contributed by atoms with Crippen molar-refractivity contribution in [3.05, 3.63) is 52.9 Å². The Bertz CT molecular complexity index is 1110. The first-order valence-electron chi connectivity index (χ1n) is 13.2. The summed E-state index contributed by atoms with van der Waals surface area (Å²) in [6.07, 6.45) is -5.30. The van der Waals surface area contributed by atoms with Crippen molar-refractivity contribution in [2.45, 2.75) is 45.6 Å². The van der Waals surface area contributed by atoms with Crippen LogP contribution in [0.25, 0.3) is 0 Å². The number of ether oxygens (including phenoxy) is 3. The van der Waals surface area contributed by atoms with Crippen molar-refractivity contribution < 1.29 is 33.0 Å². The second-order valence-electron chi connectivity index (χ2n) is 5.55. The van der Waals surface area contributed by atoms with Crippen LogP contribution in [-0.2, 0) is 6.42 Å². The van der Waals surface area contributed by atoms with Crippen LogP contribution in [-0.4, -0.2) is 32.0 Å². The van der Waals surface area contributed by atoms with E-state index in [1.807, 2.05) is 0 Å². The van der Waals surface area contributed by atoms with E-state index in [1.54, 1.807) is 6.92 Å². The maximum absolute atomic E-state index is 10.6. The smallest absolute Gasteiger partial charge is 0.160 e. The predicted octanol–water partition coefficient (Wildman–Crippen LogP) is 4.47. The summed E-state index contributed by atoms with van der Waals surface area (Å²) in [5.74, 6) is -0.646. The Kier molecular flexibility index (Phi) is 3.96. The van der Waals surface area contributed by atoms with Gasteiger partial charge in [-0.25, -0.2) is 0 Å². The maximum atomic E-state index is 10.6. The highest BCUT2D eigenvalue weighted by molar-refractivity contribution is 5.42. The molecule has 1 atom stereocenters. The minimum Gasteiger partial charge on any atom is -0.493 e. The van der Waals surface area contributed by atoms with Crippen LogP contribution in [0, 0.1) is 13.8 Å². The van der Waals surface area contributed by atoms with Crippen LogP contribution in [0.1, 0.15) is 49.6 Å². The molecule has 0 heterocycles. The van der Waals surface area contributed by atoms with Crippen LogP contribution in [0.5, 0.6) is 17.2 Å². The van der Waals surface area contributed by atoms with E-state index in [2.05, 4.69) is 0 Å². The van der Waals surface area contributed by atoms with E-state index in [-0.39, 0.29) is 60.1 Å². The minimum absolute atomic E-state index is 0.0132. The van der Waals surface area contributed by atoms with E-state index < -0.39 is 37.2 Å². The molecule has 1 unspecified atom stereocenters. The van der Waals surface area contributed by atoms with Gasteiger partial charge in [0.25, 0.3) is 0 Å². The third-order valence-corrected chi connectivity index (χ3v) is 3.65. The molecule has 0 radical (unpaired) electrons. The fourth-order valence-electron chi connectivity index (χ4n) is 2.08. The lowest BCUT2D eigenvalue weighted by Crippen LogP contribution is -2.17. The Hall–Kier alpha value is -2.20. The van der Waals surface area contributed by atoms with Gasteiger partial charge in [0.15, 0.2) is 11.5 Å². The van der Waals surface area contributed by atoms with E-state index in [4.69, 9.17) is 27.9 Å².